The van der Waals surface area contributed by atoms with Crippen molar-refractivity contribution in [1.29, 1.82) is 5.26 Å². The Kier molecular flexibility index (Phi) is 3.57. The van der Waals surface area contributed by atoms with E-state index in [0.717, 1.165) is 16.7 Å². The summed E-state index contributed by atoms with van der Waals surface area (Å²) >= 11 is 1.67. The van der Waals surface area contributed by atoms with E-state index in [1.165, 1.54) is 25.7 Å². The Hall–Kier alpha value is -1.08. The Balaban J connectivity index is 1.95. The zero-order chi connectivity index (χ0) is 10.5. The van der Waals surface area contributed by atoms with E-state index in [1.807, 2.05) is 0 Å². The van der Waals surface area contributed by atoms with Gasteiger partial charge in [-0.3, -0.25) is 0 Å². The van der Waals surface area contributed by atoms with Gasteiger partial charge in [-0.15, -0.1) is 11.8 Å². The zero-order valence-corrected chi connectivity index (χ0v) is 9.33. The highest BCUT2D eigenvalue weighted by Crippen LogP contribution is 2.30. The summed E-state index contributed by atoms with van der Waals surface area (Å²) in [5.41, 5.74) is 0.459. The smallest absolute Gasteiger partial charge is 0.172 e. The summed E-state index contributed by atoms with van der Waals surface area (Å²) in [5.74, 6) is 1.89. The molecule has 2 rings (SSSR count). The fourth-order valence-electron chi connectivity index (χ4n) is 1.88. The molecule has 0 bridgehead atoms. The molecule has 0 N–H and O–H groups in total. The van der Waals surface area contributed by atoms with Crippen LogP contribution < -0.4 is 0 Å². The third-order valence-electron chi connectivity index (χ3n) is 2.70. The molecule has 15 heavy (non-hydrogen) atoms. The summed E-state index contributed by atoms with van der Waals surface area (Å²) in [7, 11) is 0. The molecule has 0 saturated heterocycles. The maximum Gasteiger partial charge on any atom is 0.172 e. The van der Waals surface area contributed by atoms with Crippen LogP contribution in [0.15, 0.2) is 17.4 Å². The van der Waals surface area contributed by atoms with E-state index in [0.29, 0.717) is 5.69 Å². The fourth-order valence-corrected chi connectivity index (χ4v) is 2.98. The van der Waals surface area contributed by atoms with Gasteiger partial charge in [0, 0.05) is 18.1 Å². The summed E-state index contributed by atoms with van der Waals surface area (Å²) in [6, 6.07) is 2.08. The van der Waals surface area contributed by atoms with Crippen LogP contribution in [0.5, 0.6) is 0 Å². The quantitative estimate of drug-likeness (QED) is 0.733. The minimum absolute atomic E-state index is 0.459. The van der Waals surface area contributed by atoms with E-state index >= 15 is 0 Å². The van der Waals surface area contributed by atoms with Crippen molar-refractivity contribution in [2.75, 3.05) is 5.75 Å². The van der Waals surface area contributed by atoms with Crippen LogP contribution in [0.4, 0.5) is 0 Å². The van der Waals surface area contributed by atoms with E-state index in [1.54, 1.807) is 24.2 Å². The van der Waals surface area contributed by atoms with Crippen LogP contribution in [-0.4, -0.2) is 15.7 Å². The zero-order valence-electron chi connectivity index (χ0n) is 8.52. The molecule has 1 aromatic heterocycles. The predicted octanol–water partition coefficient (Wildman–Crippen LogP) is 2.63. The third kappa shape index (κ3) is 2.69. The van der Waals surface area contributed by atoms with E-state index < -0.39 is 0 Å². The van der Waals surface area contributed by atoms with Crippen LogP contribution in [0, 0.1) is 17.2 Å². The maximum absolute atomic E-state index is 8.84. The largest absolute Gasteiger partial charge is 0.245 e. The van der Waals surface area contributed by atoms with Crippen molar-refractivity contribution in [2.45, 2.75) is 30.7 Å². The molecule has 0 unspecified atom stereocenters. The Morgan fingerprint density at radius 2 is 2.07 bits per heavy atom. The lowest BCUT2D eigenvalue weighted by Crippen LogP contribution is -1.98. The highest BCUT2D eigenvalue weighted by Gasteiger charge is 2.16. The van der Waals surface area contributed by atoms with Gasteiger partial charge in [-0.05, 0) is 18.8 Å². The predicted molar refractivity (Wildman–Crippen MR) is 59.4 cm³/mol. The standard InChI is InChI=1S/C11H13N3S/c12-7-10-11(14-6-5-13-10)15-8-9-3-1-2-4-9/h5-6,9H,1-4,8H2. The molecular formula is C11H13N3S. The normalized spacial score (nSPS) is 16.5. The molecule has 0 atom stereocenters. The molecular weight excluding hydrogens is 206 g/mol. The van der Waals surface area contributed by atoms with Crippen LogP contribution in [0.1, 0.15) is 31.4 Å². The molecule has 0 spiro atoms. The molecule has 1 aliphatic carbocycles. The summed E-state index contributed by atoms with van der Waals surface area (Å²) in [5, 5.41) is 9.63. The molecule has 0 radical (unpaired) electrons. The Labute approximate surface area is 93.9 Å². The van der Waals surface area contributed by atoms with Gasteiger partial charge in [-0.25, -0.2) is 9.97 Å². The third-order valence-corrected chi connectivity index (χ3v) is 3.91. The number of aromatic nitrogens is 2. The highest BCUT2D eigenvalue weighted by atomic mass is 32.2. The molecule has 1 heterocycles. The summed E-state index contributed by atoms with van der Waals surface area (Å²) in [6.07, 6.45) is 8.59. The van der Waals surface area contributed by atoms with Crippen molar-refractivity contribution in [3.63, 3.8) is 0 Å². The Bertz CT molecular complexity index is 366. The lowest BCUT2D eigenvalue weighted by molar-refractivity contribution is 0.622. The van der Waals surface area contributed by atoms with Crippen LogP contribution >= 0.6 is 11.8 Å². The monoisotopic (exact) mass is 219 g/mol. The van der Waals surface area contributed by atoms with E-state index in [9.17, 15) is 0 Å². The first-order chi connectivity index (χ1) is 7.40. The number of hydrogen-bond acceptors (Lipinski definition) is 4. The first-order valence-electron chi connectivity index (χ1n) is 5.24. The fraction of sp³-hybridized carbons (Fsp3) is 0.545. The van der Waals surface area contributed by atoms with Gasteiger partial charge in [0.2, 0.25) is 0 Å². The number of hydrogen-bond donors (Lipinski definition) is 0. The van der Waals surface area contributed by atoms with Crippen molar-refractivity contribution < 1.29 is 0 Å². The van der Waals surface area contributed by atoms with Gasteiger partial charge < -0.3 is 0 Å². The molecule has 0 aromatic carbocycles. The molecule has 3 nitrogen and oxygen atoms in total. The van der Waals surface area contributed by atoms with Gasteiger partial charge in [0.05, 0.1) is 0 Å². The molecule has 0 amide bonds. The van der Waals surface area contributed by atoms with Crippen molar-refractivity contribution >= 4 is 11.8 Å². The van der Waals surface area contributed by atoms with Crippen LogP contribution in [0.3, 0.4) is 0 Å². The second-order valence-corrected chi connectivity index (χ2v) is 4.79. The lowest BCUT2D eigenvalue weighted by Gasteiger charge is -2.07. The van der Waals surface area contributed by atoms with E-state index in [-0.39, 0.29) is 0 Å². The minimum atomic E-state index is 0.459. The first kappa shape index (κ1) is 10.4. The molecule has 1 saturated carbocycles. The number of nitriles is 1. The van der Waals surface area contributed by atoms with E-state index in [4.69, 9.17) is 5.26 Å². The van der Waals surface area contributed by atoms with Gasteiger partial charge in [0.15, 0.2) is 5.69 Å². The molecule has 1 aromatic rings. The molecule has 1 fully saturated rings. The van der Waals surface area contributed by atoms with Crippen LogP contribution in [0.2, 0.25) is 0 Å². The van der Waals surface area contributed by atoms with Crippen molar-refractivity contribution in [1.82, 2.24) is 9.97 Å². The van der Waals surface area contributed by atoms with Gasteiger partial charge in [0.25, 0.3) is 0 Å². The Morgan fingerprint density at radius 3 is 2.80 bits per heavy atom. The summed E-state index contributed by atoms with van der Waals surface area (Å²) in [6.45, 7) is 0. The van der Waals surface area contributed by atoms with Crippen molar-refractivity contribution in [2.24, 2.45) is 5.92 Å². The lowest BCUT2D eigenvalue weighted by atomic mass is 10.1. The molecule has 4 heteroatoms. The van der Waals surface area contributed by atoms with Gasteiger partial charge in [-0.2, -0.15) is 5.26 Å². The highest BCUT2D eigenvalue weighted by molar-refractivity contribution is 7.99. The molecule has 78 valence electrons. The molecule has 0 aliphatic heterocycles. The number of nitrogens with zero attached hydrogens (tertiary/aromatic N) is 3. The average Bonchev–Trinajstić information content (AvgIpc) is 2.79. The van der Waals surface area contributed by atoms with Crippen molar-refractivity contribution in [3.8, 4) is 6.07 Å². The average molecular weight is 219 g/mol. The van der Waals surface area contributed by atoms with Gasteiger partial charge in [0.1, 0.15) is 11.1 Å². The topological polar surface area (TPSA) is 49.6 Å². The minimum Gasteiger partial charge on any atom is -0.245 e. The Morgan fingerprint density at radius 1 is 1.33 bits per heavy atom. The second kappa shape index (κ2) is 5.13. The van der Waals surface area contributed by atoms with Crippen molar-refractivity contribution in [3.05, 3.63) is 18.1 Å². The maximum atomic E-state index is 8.84. The van der Waals surface area contributed by atoms with Gasteiger partial charge >= 0.3 is 0 Å². The summed E-state index contributed by atoms with van der Waals surface area (Å²) < 4.78 is 0. The van der Waals surface area contributed by atoms with Crippen LogP contribution in [0.25, 0.3) is 0 Å². The number of thioether (sulfide) groups is 1. The molecule has 1 aliphatic rings. The number of rotatable bonds is 3. The summed E-state index contributed by atoms with van der Waals surface area (Å²) in [4.78, 5) is 8.19. The van der Waals surface area contributed by atoms with Gasteiger partial charge in [-0.1, -0.05) is 12.8 Å². The SMILES string of the molecule is N#Cc1nccnc1SCC1CCCC1. The van der Waals surface area contributed by atoms with Crippen LogP contribution in [-0.2, 0) is 0 Å². The second-order valence-electron chi connectivity index (χ2n) is 3.78. The first-order valence-corrected chi connectivity index (χ1v) is 6.22. The van der Waals surface area contributed by atoms with E-state index in [2.05, 4.69) is 16.0 Å².